The molecular formula is C32H45ClN4O. The molecule has 2 saturated heterocycles. The van der Waals surface area contributed by atoms with Crippen molar-refractivity contribution >= 4 is 17.5 Å². The summed E-state index contributed by atoms with van der Waals surface area (Å²) in [6.07, 6.45) is 8.75. The summed E-state index contributed by atoms with van der Waals surface area (Å²) >= 11 is 6.15. The largest absolute Gasteiger partial charge is 0.341 e. The number of carbonyl (C=O) groups excluding carboxylic acids is 1. The summed E-state index contributed by atoms with van der Waals surface area (Å²) in [6.45, 7) is 8.16. The van der Waals surface area contributed by atoms with Gasteiger partial charge in [-0.3, -0.25) is 9.69 Å². The highest BCUT2D eigenvalue weighted by atomic mass is 35.5. The van der Waals surface area contributed by atoms with E-state index in [4.69, 9.17) is 11.6 Å². The first-order valence-corrected chi connectivity index (χ1v) is 15.2. The highest BCUT2D eigenvalue weighted by molar-refractivity contribution is 6.30. The van der Waals surface area contributed by atoms with E-state index in [1.54, 1.807) is 0 Å². The number of nitrogens with one attached hydrogen (secondary N) is 1. The lowest BCUT2D eigenvalue weighted by Crippen LogP contribution is -2.59. The van der Waals surface area contributed by atoms with Gasteiger partial charge in [0.05, 0.1) is 6.04 Å². The molecule has 0 bridgehead atoms. The predicted molar refractivity (Wildman–Crippen MR) is 157 cm³/mol. The molecule has 5 nitrogen and oxygen atoms in total. The molecular weight excluding hydrogens is 492 g/mol. The van der Waals surface area contributed by atoms with E-state index in [2.05, 4.69) is 70.4 Å². The summed E-state index contributed by atoms with van der Waals surface area (Å²) in [4.78, 5) is 21.4. The van der Waals surface area contributed by atoms with Crippen molar-refractivity contribution in [3.63, 3.8) is 0 Å². The zero-order valence-electron chi connectivity index (χ0n) is 23.3. The molecule has 2 aromatic rings. The normalized spacial score (nSPS) is 22.8. The second-order valence-corrected chi connectivity index (χ2v) is 12.1. The van der Waals surface area contributed by atoms with Crippen molar-refractivity contribution in [1.29, 1.82) is 0 Å². The number of likely N-dealkylation sites (tertiary alicyclic amines) is 2. The third-order valence-corrected chi connectivity index (χ3v) is 9.60. The minimum atomic E-state index is -0.217. The average Bonchev–Trinajstić information content (AvgIpc) is 2.95. The number of rotatable bonds is 8. The number of fused-ring (bicyclic) bond motifs is 2. The van der Waals surface area contributed by atoms with Crippen LogP contribution >= 0.6 is 11.6 Å². The minimum absolute atomic E-state index is 0.0611. The summed E-state index contributed by atoms with van der Waals surface area (Å²) < 4.78 is 0. The third kappa shape index (κ3) is 5.96. The van der Waals surface area contributed by atoms with Crippen molar-refractivity contribution in [2.45, 2.75) is 75.9 Å². The van der Waals surface area contributed by atoms with Gasteiger partial charge < -0.3 is 15.1 Å². The summed E-state index contributed by atoms with van der Waals surface area (Å²) in [6, 6.07) is 17.3. The number of hydrogen-bond donors (Lipinski definition) is 1. The molecule has 1 spiro atoms. The van der Waals surface area contributed by atoms with Gasteiger partial charge in [0.15, 0.2) is 0 Å². The molecule has 2 aromatic carbocycles. The predicted octanol–water partition coefficient (Wildman–Crippen LogP) is 5.11. The molecule has 0 aromatic heterocycles. The number of piperidine rings is 2. The number of hydrogen-bond acceptors (Lipinski definition) is 4. The Balaban J connectivity index is 1.31. The van der Waals surface area contributed by atoms with Crippen LogP contribution in [0.1, 0.15) is 62.1 Å². The number of benzene rings is 2. The Morgan fingerprint density at radius 2 is 1.82 bits per heavy atom. The fourth-order valence-corrected chi connectivity index (χ4v) is 7.24. The van der Waals surface area contributed by atoms with E-state index >= 15 is 0 Å². The number of likely N-dealkylation sites (N-methyl/N-ethyl adjacent to an activating group) is 1. The summed E-state index contributed by atoms with van der Waals surface area (Å²) in [5, 5.41) is 4.45. The van der Waals surface area contributed by atoms with Crippen molar-refractivity contribution in [2.75, 3.05) is 46.3 Å². The van der Waals surface area contributed by atoms with Crippen LogP contribution in [0.4, 0.5) is 0 Å². The van der Waals surface area contributed by atoms with Gasteiger partial charge in [0.2, 0.25) is 5.91 Å². The Morgan fingerprint density at radius 3 is 2.55 bits per heavy atom. The van der Waals surface area contributed by atoms with Gasteiger partial charge >= 0.3 is 0 Å². The number of amides is 1. The van der Waals surface area contributed by atoms with Gasteiger partial charge in [0, 0.05) is 42.8 Å². The van der Waals surface area contributed by atoms with E-state index in [1.165, 1.54) is 30.4 Å². The molecule has 5 rings (SSSR count). The molecule has 38 heavy (non-hydrogen) atoms. The summed E-state index contributed by atoms with van der Waals surface area (Å²) in [5.74, 6) is 0.249. The second kappa shape index (κ2) is 12.5. The van der Waals surface area contributed by atoms with Gasteiger partial charge in [0.25, 0.3) is 0 Å². The van der Waals surface area contributed by atoms with Crippen LogP contribution in [-0.4, -0.2) is 79.0 Å². The highest BCUT2D eigenvalue weighted by Gasteiger charge is 2.45. The molecule has 2 atom stereocenters. The molecule has 3 heterocycles. The van der Waals surface area contributed by atoms with Crippen LogP contribution in [0.3, 0.4) is 0 Å². The molecule has 3 aliphatic heterocycles. The topological polar surface area (TPSA) is 38.8 Å². The van der Waals surface area contributed by atoms with Crippen molar-refractivity contribution in [1.82, 2.24) is 20.0 Å². The van der Waals surface area contributed by atoms with Crippen molar-refractivity contribution in [3.8, 4) is 0 Å². The van der Waals surface area contributed by atoms with Gasteiger partial charge in [-0.1, -0.05) is 61.3 Å². The molecule has 206 valence electrons. The average molecular weight is 537 g/mol. The first kappa shape index (κ1) is 27.6. The molecule has 1 amide bonds. The van der Waals surface area contributed by atoms with Gasteiger partial charge in [-0.05, 0) is 93.9 Å². The van der Waals surface area contributed by atoms with Crippen molar-refractivity contribution in [2.24, 2.45) is 0 Å². The molecule has 1 N–H and O–H groups in total. The monoisotopic (exact) mass is 536 g/mol. The highest BCUT2D eigenvalue weighted by Crippen LogP contribution is 2.43. The van der Waals surface area contributed by atoms with E-state index in [1.807, 2.05) is 12.1 Å². The van der Waals surface area contributed by atoms with E-state index in [9.17, 15) is 4.79 Å². The van der Waals surface area contributed by atoms with Gasteiger partial charge in [-0.25, -0.2) is 0 Å². The van der Waals surface area contributed by atoms with Gasteiger partial charge in [-0.15, -0.1) is 0 Å². The zero-order chi connectivity index (χ0) is 26.5. The lowest BCUT2D eigenvalue weighted by molar-refractivity contribution is -0.136. The van der Waals surface area contributed by atoms with Gasteiger partial charge in [0.1, 0.15) is 0 Å². The van der Waals surface area contributed by atoms with E-state index < -0.39 is 0 Å². The van der Waals surface area contributed by atoms with Crippen LogP contribution in [0, 0.1) is 0 Å². The molecule has 3 aliphatic rings. The zero-order valence-corrected chi connectivity index (χ0v) is 24.1. The van der Waals surface area contributed by atoms with Crippen molar-refractivity contribution < 1.29 is 4.79 Å². The fraction of sp³-hybridized carbons (Fsp3) is 0.594. The minimum Gasteiger partial charge on any atom is -0.341 e. The van der Waals surface area contributed by atoms with Crippen molar-refractivity contribution in [3.05, 3.63) is 70.2 Å². The smallest absolute Gasteiger partial charge is 0.240 e. The SMILES string of the molecule is CCCN1CCc2ccccc2C12CCN(C(=O)[C@@H](Cc1ccc(Cl)cc1)NCC1CCCCN1C)CC2. The van der Waals surface area contributed by atoms with Crippen LogP contribution < -0.4 is 5.32 Å². The standard InChI is InChI=1S/C32H45ClN4O/c1-3-18-37-20-15-26-8-4-5-10-29(26)32(37)16-21-36(22-17-32)31(38)30(23-25-11-13-27(33)14-12-25)34-24-28-9-6-7-19-35(28)2/h4-5,8,10-14,28,30,34H,3,6-7,9,15-24H2,1-2H3/t28?,30-/m1/s1. The third-order valence-electron chi connectivity index (χ3n) is 9.34. The Hall–Kier alpha value is -1.92. The quantitative estimate of drug-likeness (QED) is 0.509. The maximum Gasteiger partial charge on any atom is 0.240 e. The molecule has 6 heteroatoms. The first-order chi connectivity index (χ1) is 18.5. The Morgan fingerprint density at radius 1 is 1.05 bits per heavy atom. The van der Waals surface area contributed by atoms with Crippen LogP contribution in [0.2, 0.25) is 5.02 Å². The Labute approximate surface area is 234 Å². The molecule has 0 radical (unpaired) electrons. The molecule has 2 fully saturated rings. The maximum atomic E-state index is 14.1. The fourth-order valence-electron chi connectivity index (χ4n) is 7.11. The molecule has 1 unspecified atom stereocenters. The van der Waals surface area contributed by atoms with E-state index in [0.717, 1.165) is 75.5 Å². The van der Waals surface area contributed by atoms with E-state index in [-0.39, 0.29) is 17.5 Å². The second-order valence-electron chi connectivity index (χ2n) is 11.7. The lowest BCUT2D eigenvalue weighted by atomic mass is 9.74. The molecule has 0 saturated carbocycles. The Kier molecular flexibility index (Phi) is 9.10. The maximum absolute atomic E-state index is 14.1. The van der Waals surface area contributed by atoms with E-state index in [0.29, 0.717) is 12.5 Å². The van der Waals surface area contributed by atoms with Crippen LogP contribution in [0.15, 0.2) is 48.5 Å². The van der Waals surface area contributed by atoms with Crippen LogP contribution in [0.25, 0.3) is 0 Å². The first-order valence-electron chi connectivity index (χ1n) is 14.8. The van der Waals surface area contributed by atoms with Crippen LogP contribution in [-0.2, 0) is 23.2 Å². The summed E-state index contributed by atoms with van der Waals surface area (Å²) in [7, 11) is 2.22. The summed E-state index contributed by atoms with van der Waals surface area (Å²) in [5.41, 5.74) is 4.22. The van der Waals surface area contributed by atoms with Crippen LogP contribution in [0.5, 0.6) is 0 Å². The Bertz CT molecular complexity index is 1070. The number of nitrogens with zero attached hydrogens (tertiary/aromatic N) is 3. The molecule has 0 aliphatic carbocycles. The lowest BCUT2D eigenvalue weighted by Gasteiger charge is -2.52. The number of halogens is 1. The number of carbonyl (C=O) groups is 1. The van der Waals surface area contributed by atoms with Gasteiger partial charge in [-0.2, -0.15) is 0 Å².